The molecule has 0 radical (unpaired) electrons. The van der Waals surface area contributed by atoms with Crippen molar-refractivity contribution in [2.45, 2.75) is 41.5 Å². The minimum Gasteiger partial charge on any atom is -0.388 e. The molecule has 0 saturated heterocycles. The molecule has 0 amide bonds. The largest absolute Gasteiger partial charge is 0.388 e. The first-order valence-electron chi connectivity index (χ1n) is 11.1. The first-order valence-corrected chi connectivity index (χ1v) is 11.1. The molecule has 0 aromatic heterocycles. The highest BCUT2D eigenvalue weighted by Crippen LogP contribution is 2.20. The van der Waals surface area contributed by atoms with Gasteiger partial charge in [0.05, 0.1) is 0 Å². The Morgan fingerprint density at radius 1 is 0.750 bits per heavy atom. The number of anilines is 1. The zero-order valence-electron chi connectivity index (χ0n) is 21.2. The van der Waals surface area contributed by atoms with E-state index in [1.54, 1.807) is 6.08 Å². The van der Waals surface area contributed by atoms with Crippen LogP contribution in [-0.4, -0.2) is 7.05 Å². The Balaban J connectivity index is -0.000000430. The van der Waals surface area contributed by atoms with Crippen LogP contribution in [0.4, 0.5) is 5.69 Å². The van der Waals surface area contributed by atoms with Gasteiger partial charge in [-0.2, -0.15) is 0 Å². The molecule has 0 bridgehead atoms. The van der Waals surface area contributed by atoms with Crippen LogP contribution >= 0.6 is 0 Å². The predicted molar refractivity (Wildman–Crippen MR) is 151 cm³/mol. The van der Waals surface area contributed by atoms with Crippen molar-refractivity contribution >= 4 is 5.69 Å². The van der Waals surface area contributed by atoms with Crippen LogP contribution in [0.2, 0.25) is 0 Å². The van der Waals surface area contributed by atoms with Gasteiger partial charge in [-0.3, -0.25) is 0 Å². The molecular weight excluding hydrogens is 386 g/mol. The van der Waals surface area contributed by atoms with Crippen LogP contribution in [0.1, 0.15) is 41.5 Å². The van der Waals surface area contributed by atoms with E-state index >= 15 is 0 Å². The minimum absolute atomic E-state index is 1.14. The van der Waals surface area contributed by atoms with E-state index in [2.05, 4.69) is 85.9 Å². The van der Waals surface area contributed by atoms with Crippen molar-refractivity contribution < 1.29 is 0 Å². The van der Waals surface area contributed by atoms with E-state index in [9.17, 15) is 0 Å². The van der Waals surface area contributed by atoms with E-state index in [0.717, 1.165) is 11.3 Å². The summed E-state index contributed by atoms with van der Waals surface area (Å²) in [5.74, 6) is 0. The molecule has 0 aliphatic rings. The van der Waals surface area contributed by atoms with Gasteiger partial charge in [0.2, 0.25) is 0 Å². The Morgan fingerprint density at radius 2 is 1.22 bits per heavy atom. The van der Waals surface area contributed by atoms with E-state index < -0.39 is 0 Å². The summed E-state index contributed by atoms with van der Waals surface area (Å²) in [7, 11) is 1.93. The van der Waals surface area contributed by atoms with Crippen LogP contribution in [0.25, 0.3) is 11.1 Å². The average molecular weight is 430 g/mol. The Hall–Kier alpha value is -3.50. The van der Waals surface area contributed by atoms with Gasteiger partial charge in [-0.1, -0.05) is 120 Å². The van der Waals surface area contributed by atoms with E-state index in [1.165, 1.54) is 16.7 Å². The number of hydrogen-bond donors (Lipinski definition) is 1. The summed E-state index contributed by atoms with van der Waals surface area (Å²) < 4.78 is 0. The summed E-state index contributed by atoms with van der Waals surface area (Å²) >= 11 is 0. The fraction of sp³-hybridized carbons (Fsp3) is 0.226. The SMILES string of the molecule is C#C.C=C\C=C/C(=C\C)C(/C=C)=C/C.CC.CC.CNc1ccc(-c2ccccc2)cc1. The fourth-order valence-corrected chi connectivity index (χ4v) is 2.39. The highest BCUT2D eigenvalue weighted by atomic mass is 14.8. The molecule has 0 spiro atoms. The van der Waals surface area contributed by atoms with Gasteiger partial charge >= 0.3 is 0 Å². The Labute approximate surface area is 199 Å². The van der Waals surface area contributed by atoms with Crippen molar-refractivity contribution in [3.63, 3.8) is 0 Å². The minimum atomic E-state index is 1.14. The van der Waals surface area contributed by atoms with Crippen LogP contribution in [-0.2, 0) is 0 Å². The molecule has 0 aliphatic carbocycles. The number of rotatable bonds is 6. The summed E-state index contributed by atoms with van der Waals surface area (Å²) in [6.45, 7) is 19.4. The molecule has 1 nitrogen and oxygen atoms in total. The Kier molecular flexibility index (Phi) is 26.5. The number of terminal acetylenes is 1. The van der Waals surface area contributed by atoms with Crippen molar-refractivity contribution in [3.05, 3.63) is 115 Å². The smallest absolute Gasteiger partial charge is 0.0337 e. The van der Waals surface area contributed by atoms with Crippen molar-refractivity contribution in [1.82, 2.24) is 0 Å². The molecule has 172 valence electrons. The number of benzene rings is 2. The molecule has 2 aromatic rings. The van der Waals surface area contributed by atoms with Gasteiger partial charge in [-0.15, -0.1) is 12.8 Å². The maximum absolute atomic E-state index is 4.00. The highest BCUT2D eigenvalue weighted by Gasteiger charge is 1.95. The van der Waals surface area contributed by atoms with Crippen LogP contribution in [0.15, 0.2) is 115 Å². The number of allylic oxidation sites excluding steroid dienone is 8. The van der Waals surface area contributed by atoms with Crippen LogP contribution < -0.4 is 5.32 Å². The predicted octanol–water partition coefficient (Wildman–Crippen LogP) is 9.50. The van der Waals surface area contributed by atoms with Crippen LogP contribution in [0.5, 0.6) is 0 Å². The van der Waals surface area contributed by atoms with Gasteiger partial charge in [0.15, 0.2) is 0 Å². The van der Waals surface area contributed by atoms with Gasteiger partial charge in [0.25, 0.3) is 0 Å². The number of hydrogen-bond acceptors (Lipinski definition) is 1. The lowest BCUT2D eigenvalue weighted by molar-refractivity contribution is 1.47. The lowest BCUT2D eigenvalue weighted by atomic mass is 10.1. The summed E-state index contributed by atoms with van der Waals surface area (Å²) in [6, 6.07) is 18.8. The fourth-order valence-electron chi connectivity index (χ4n) is 2.39. The standard InChI is InChI=1S/C13H13N.C12H16.2C2H6.C2H2/c1-14-13-9-7-12(8-10-13)11-5-3-2-4-6-11;1-5-9-10-12(8-4)11(6-2)7-3;3*1-2/h2-10,14H,1H3;5-10H,1-2H2,3-4H3;2*1-2H3;1-2H/b;10-9-,11-7+,12-8+;;;. The van der Waals surface area contributed by atoms with Gasteiger partial charge < -0.3 is 5.32 Å². The second-order valence-electron chi connectivity index (χ2n) is 5.48. The third-order valence-corrected chi connectivity index (χ3v) is 3.87. The van der Waals surface area contributed by atoms with Crippen LogP contribution in [0.3, 0.4) is 0 Å². The molecule has 2 aromatic carbocycles. The molecule has 32 heavy (non-hydrogen) atoms. The highest BCUT2D eigenvalue weighted by molar-refractivity contribution is 5.65. The third-order valence-electron chi connectivity index (χ3n) is 3.87. The molecular formula is C31H43N. The first kappa shape index (κ1) is 33.1. The zero-order chi connectivity index (χ0) is 25.2. The second-order valence-corrected chi connectivity index (χ2v) is 5.48. The molecule has 0 saturated carbocycles. The molecule has 0 atom stereocenters. The first-order chi connectivity index (χ1) is 15.7. The molecule has 0 unspecified atom stereocenters. The summed E-state index contributed by atoms with van der Waals surface area (Å²) in [4.78, 5) is 0. The van der Waals surface area contributed by atoms with Crippen molar-refractivity contribution in [2.75, 3.05) is 12.4 Å². The molecule has 0 aliphatic heterocycles. The number of nitrogens with one attached hydrogen (secondary N) is 1. The van der Waals surface area contributed by atoms with Crippen molar-refractivity contribution in [1.29, 1.82) is 0 Å². The summed E-state index contributed by atoms with van der Waals surface area (Å²) in [5, 5.41) is 3.11. The van der Waals surface area contributed by atoms with E-state index in [1.807, 2.05) is 79.0 Å². The maximum Gasteiger partial charge on any atom is 0.0337 e. The Bertz CT molecular complexity index is 801. The van der Waals surface area contributed by atoms with Gasteiger partial charge in [-0.25, -0.2) is 0 Å². The molecule has 2 rings (SSSR count). The van der Waals surface area contributed by atoms with E-state index in [-0.39, 0.29) is 0 Å². The lowest BCUT2D eigenvalue weighted by Crippen LogP contribution is -1.86. The quantitative estimate of drug-likeness (QED) is 0.356. The van der Waals surface area contributed by atoms with Gasteiger partial charge in [0.1, 0.15) is 0 Å². The molecule has 1 heteroatoms. The van der Waals surface area contributed by atoms with Crippen LogP contribution in [0, 0.1) is 12.8 Å². The average Bonchev–Trinajstić information content (AvgIpc) is 2.91. The van der Waals surface area contributed by atoms with E-state index in [4.69, 9.17) is 0 Å². The van der Waals surface area contributed by atoms with Crippen molar-refractivity contribution in [2.24, 2.45) is 0 Å². The van der Waals surface area contributed by atoms with Crippen molar-refractivity contribution in [3.8, 4) is 24.0 Å². The molecule has 1 N–H and O–H groups in total. The molecule has 0 fully saturated rings. The third kappa shape index (κ3) is 14.5. The molecule has 0 heterocycles. The summed E-state index contributed by atoms with van der Waals surface area (Å²) in [6.07, 6.45) is 19.6. The zero-order valence-corrected chi connectivity index (χ0v) is 21.2. The maximum atomic E-state index is 4.00. The lowest BCUT2D eigenvalue weighted by Gasteiger charge is -2.03. The normalized spacial score (nSPS) is 9.78. The van der Waals surface area contributed by atoms with E-state index in [0.29, 0.717) is 0 Å². The Morgan fingerprint density at radius 3 is 1.59 bits per heavy atom. The van der Waals surface area contributed by atoms with Gasteiger partial charge in [-0.05, 0) is 48.3 Å². The topological polar surface area (TPSA) is 12.0 Å². The summed E-state index contributed by atoms with van der Waals surface area (Å²) in [5.41, 5.74) is 5.98. The second kappa shape index (κ2) is 25.5. The monoisotopic (exact) mass is 429 g/mol. The van der Waals surface area contributed by atoms with Gasteiger partial charge in [0, 0.05) is 12.7 Å².